The van der Waals surface area contributed by atoms with Crippen molar-refractivity contribution in [2.24, 2.45) is 5.92 Å². The van der Waals surface area contributed by atoms with Crippen molar-refractivity contribution in [1.29, 1.82) is 0 Å². The van der Waals surface area contributed by atoms with Crippen molar-refractivity contribution in [2.75, 3.05) is 33.7 Å². The number of hydrogen-bond acceptors (Lipinski definition) is 7. The Kier molecular flexibility index (Phi) is 10.2. The van der Waals surface area contributed by atoms with Gasteiger partial charge in [-0.05, 0) is 71.6 Å². The first-order valence-corrected chi connectivity index (χ1v) is 12.4. The maximum Gasteiger partial charge on any atom is 0.255 e. The predicted octanol–water partition coefficient (Wildman–Crippen LogP) is 2.44. The van der Waals surface area contributed by atoms with Gasteiger partial charge >= 0.3 is 0 Å². The van der Waals surface area contributed by atoms with Crippen LogP contribution in [0, 0.1) is 5.92 Å². The van der Waals surface area contributed by atoms with Crippen molar-refractivity contribution < 1.29 is 14.4 Å². The molecule has 1 unspecified atom stereocenters. The van der Waals surface area contributed by atoms with Crippen LogP contribution in [0.5, 0.6) is 0 Å². The number of nitrogens with zero attached hydrogens (tertiary/aromatic N) is 3. The molecule has 3 heterocycles. The van der Waals surface area contributed by atoms with Gasteiger partial charge in [-0.15, -0.1) is 0 Å². The fourth-order valence-electron chi connectivity index (χ4n) is 3.86. The standard InChI is InChI=1S/C15H16N4O2.C6H13N.C4H9NO/c20-7-12(9-3-4-9)19-15(21)10-5-16-14-13(10)18-11(6-17-14)8-1-2-8;1-7-5-3-2-4-6-7;1-5-3-2-4-6/h5-9,12H,1-4H2,(H,16,17)(H,19,21);2-6H2,1H3;4-5H,2-3H2,1H3. The second-order valence-electron chi connectivity index (χ2n) is 9.36. The van der Waals surface area contributed by atoms with E-state index in [1.54, 1.807) is 12.4 Å². The predicted molar refractivity (Wildman–Crippen MR) is 132 cm³/mol. The van der Waals surface area contributed by atoms with Crippen LogP contribution in [0.15, 0.2) is 12.4 Å². The first-order valence-electron chi connectivity index (χ1n) is 12.4. The van der Waals surface area contributed by atoms with Gasteiger partial charge in [0.2, 0.25) is 0 Å². The summed E-state index contributed by atoms with van der Waals surface area (Å²) in [5.74, 6) is 0.527. The van der Waals surface area contributed by atoms with E-state index in [4.69, 9.17) is 0 Å². The van der Waals surface area contributed by atoms with Gasteiger partial charge in [-0.25, -0.2) is 9.97 Å². The smallest absolute Gasteiger partial charge is 0.255 e. The van der Waals surface area contributed by atoms with Crippen LogP contribution in [0.3, 0.4) is 0 Å². The highest BCUT2D eigenvalue weighted by molar-refractivity contribution is 6.05. The molecule has 0 bridgehead atoms. The van der Waals surface area contributed by atoms with Crippen molar-refractivity contribution in [1.82, 2.24) is 30.5 Å². The second kappa shape index (κ2) is 13.3. The molecule has 1 atom stereocenters. The second-order valence-corrected chi connectivity index (χ2v) is 9.36. The molecule has 1 saturated heterocycles. The van der Waals surface area contributed by atoms with Gasteiger partial charge in [-0.2, -0.15) is 0 Å². The molecule has 9 heteroatoms. The lowest BCUT2D eigenvalue weighted by Gasteiger charge is -2.20. The van der Waals surface area contributed by atoms with E-state index in [-0.39, 0.29) is 11.9 Å². The minimum Gasteiger partial charge on any atom is -0.344 e. The Morgan fingerprint density at radius 1 is 1.21 bits per heavy atom. The zero-order valence-corrected chi connectivity index (χ0v) is 20.4. The Bertz CT molecular complexity index is 932. The Balaban J connectivity index is 0.000000206. The van der Waals surface area contributed by atoms with Gasteiger partial charge < -0.3 is 30.1 Å². The van der Waals surface area contributed by atoms with E-state index in [2.05, 4.69) is 37.5 Å². The fourth-order valence-corrected chi connectivity index (χ4v) is 3.86. The summed E-state index contributed by atoms with van der Waals surface area (Å²) in [7, 11) is 4.02. The molecule has 0 radical (unpaired) electrons. The third-order valence-electron chi connectivity index (χ3n) is 6.31. The lowest BCUT2D eigenvalue weighted by atomic mass is 10.1. The Morgan fingerprint density at radius 3 is 2.44 bits per heavy atom. The molecule has 1 amide bonds. The maximum absolute atomic E-state index is 12.4. The van der Waals surface area contributed by atoms with Gasteiger partial charge in [0.1, 0.15) is 18.1 Å². The highest BCUT2D eigenvalue weighted by Crippen LogP contribution is 2.39. The molecule has 2 aromatic rings. The molecular weight excluding hydrogens is 432 g/mol. The minimum absolute atomic E-state index is 0.257. The van der Waals surface area contributed by atoms with E-state index in [1.807, 2.05) is 7.05 Å². The highest BCUT2D eigenvalue weighted by Gasteiger charge is 2.33. The molecule has 0 aromatic carbocycles. The lowest BCUT2D eigenvalue weighted by molar-refractivity contribution is -0.110. The first kappa shape index (κ1) is 26.0. The van der Waals surface area contributed by atoms with Crippen LogP contribution >= 0.6 is 0 Å². The van der Waals surface area contributed by atoms with Crippen LogP contribution < -0.4 is 10.6 Å². The average molecular weight is 471 g/mol. The number of H-pyrrole nitrogens is 1. The number of aromatic nitrogens is 3. The van der Waals surface area contributed by atoms with Gasteiger partial charge in [-0.1, -0.05) is 6.42 Å². The molecule has 2 aromatic heterocycles. The quantitative estimate of drug-likeness (QED) is 0.400. The molecular formula is C25H38N6O3. The normalized spacial score (nSPS) is 18.6. The van der Waals surface area contributed by atoms with Gasteiger partial charge in [-0.3, -0.25) is 4.79 Å². The lowest BCUT2D eigenvalue weighted by Crippen LogP contribution is -2.37. The van der Waals surface area contributed by atoms with Crippen LogP contribution in [0.2, 0.25) is 0 Å². The van der Waals surface area contributed by atoms with Crippen molar-refractivity contribution in [2.45, 2.75) is 63.3 Å². The van der Waals surface area contributed by atoms with Gasteiger partial charge in [0.15, 0.2) is 5.65 Å². The average Bonchev–Trinajstić information content (AvgIpc) is 3.79. The number of hydrogen-bond donors (Lipinski definition) is 3. The van der Waals surface area contributed by atoms with E-state index in [0.717, 1.165) is 50.5 Å². The number of carbonyl (C=O) groups excluding carboxylic acids is 3. The molecule has 5 rings (SSSR count). The summed E-state index contributed by atoms with van der Waals surface area (Å²) in [6.45, 7) is 3.43. The molecule has 0 spiro atoms. The fraction of sp³-hybridized carbons (Fsp3) is 0.640. The number of aromatic amines is 1. The first-order chi connectivity index (χ1) is 16.6. The third-order valence-corrected chi connectivity index (χ3v) is 6.31. The molecule has 2 saturated carbocycles. The molecule has 3 fully saturated rings. The molecule has 3 N–H and O–H groups in total. The van der Waals surface area contributed by atoms with Crippen LogP contribution in [-0.4, -0.2) is 78.1 Å². The summed E-state index contributed by atoms with van der Waals surface area (Å²) >= 11 is 0. The summed E-state index contributed by atoms with van der Waals surface area (Å²) < 4.78 is 0. The largest absolute Gasteiger partial charge is 0.344 e. The Morgan fingerprint density at radius 2 is 1.94 bits per heavy atom. The number of likely N-dealkylation sites (tertiary alicyclic amines) is 1. The zero-order valence-electron chi connectivity index (χ0n) is 20.4. The van der Waals surface area contributed by atoms with E-state index in [1.165, 1.54) is 32.4 Å². The number of aldehydes is 2. The van der Waals surface area contributed by atoms with Crippen molar-refractivity contribution in [3.05, 3.63) is 23.7 Å². The number of carbonyl (C=O) groups is 3. The van der Waals surface area contributed by atoms with Crippen LogP contribution in [0.4, 0.5) is 0 Å². The number of nitrogens with one attached hydrogen (secondary N) is 3. The number of fused-ring (bicyclic) bond motifs is 1. The number of piperidine rings is 1. The van der Waals surface area contributed by atoms with E-state index >= 15 is 0 Å². The van der Waals surface area contributed by atoms with E-state index in [9.17, 15) is 14.4 Å². The molecule has 3 aliphatic rings. The third kappa shape index (κ3) is 7.99. The molecule has 2 aliphatic carbocycles. The molecule has 186 valence electrons. The van der Waals surface area contributed by atoms with Crippen LogP contribution in [-0.2, 0) is 9.59 Å². The van der Waals surface area contributed by atoms with Crippen molar-refractivity contribution in [3.63, 3.8) is 0 Å². The van der Waals surface area contributed by atoms with Gasteiger partial charge in [0.05, 0.1) is 23.5 Å². The number of rotatable bonds is 8. The zero-order chi connectivity index (χ0) is 24.3. The van der Waals surface area contributed by atoms with Crippen LogP contribution in [0.25, 0.3) is 11.2 Å². The topological polar surface area (TPSA) is 120 Å². The van der Waals surface area contributed by atoms with Crippen LogP contribution in [0.1, 0.15) is 73.3 Å². The van der Waals surface area contributed by atoms with Gasteiger partial charge in [0, 0.05) is 25.1 Å². The van der Waals surface area contributed by atoms with E-state index < -0.39 is 0 Å². The Hall–Kier alpha value is -2.65. The van der Waals surface area contributed by atoms with E-state index in [0.29, 0.717) is 35.0 Å². The maximum atomic E-state index is 12.4. The summed E-state index contributed by atoms with van der Waals surface area (Å²) in [6, 6.07) is -0.387. The Labute approximate surface area is 201 Å². The highest BCUT2D eigenvalue weighted by atomic mass is 16.2. The summed E-state index contributed by atoms with van der Waals surface area (Å²) in [5.41, 5.74) is 2.62. The summed E-state index contributed by atoms with van der Waals surface area (Å²) in [5, 5.41) is 5.63. The number of amides is 1. The minimum atomic E-state index is -0.387. The molecule has 1 aliphatic heterocycles. The van der Waals surface area contributed by atoms with Gasteiger partial charge in [0.25, 0.3) is 5.91 Å². The van der Waals surface area contributed by atoms with Crippen molar-refractivity contribution >= 4 is 29.6 Å². The van der Waals surface area contributed by atoms with Crippen molar-refractivity contribution in [3.8, 4) is 0 Å². The summed E-state index contributed by atoms with van der Waals surface area (Å²) in [6.07, 6.45) is 14.3. The molecule has 9 nitrogen and oxygen atoms in total. The molecule has 34 heavy (non-hydrogen) atoms. The SMILES string of the molecule is CN1CCCCC1.CNCCC=O.O=CC(NC(=O)c1c[nH]c2ncc(C3CC3)nc12)C1CC1. The monoisotopic (exact) mass is 470 g/mol. The summed E-state index contributed by atoms with van der Waals surface area (Å²) in [4.78, 5) is 47.2.